The van der Waals surface area contributed by atoms with Gasteiger partial charge in [-0.3, -0.25) is 4.99 Å². The molecule has 3 heterocycles. The minimum Gasteiger partial charge on any atom is -0.349 e. The van der Waals surface area contributed by atoms with Crippen molar-refractivity contribution in [2.24, 2.45) is 10.9 Å². The molecule has 2 unspecified atom stereocenters. The molecule has 0 amide bonds. The molecule has 0 radical (unpaired) electrons. The van der Waals surface area contributed by atoms with Crippen molar-refractivity contribution in [2.75, 3.05) is 20.1 Å². The van der Waals surface area contributed by atoms with Crippen molar-refractivity contribution in [3.63, 3.8) is 0 Å². The first kappa shape index (κ1) is 18.0. The van der Waals surface area contributed by atoms with Crippen LogP contribution in [0.5, 0.6) is 0 Å². The predicted molar refractivity (Wildman–Crippen MR) is 108 cm³/mol. The number of piperidine rings is 1. The summed E-state index contributed by atoms with van der Waals surface area (Å²) in [6, 6.07) is 11.0. The number of nitrogens with one attached hydrogen (secondary N) is 1. The number of hydrogen-bond acceptors (Lipinski definition) is 3. The molecule has 0 saturated carbocycles. The van der Waals surface area contributed by atoms with Gasteiger partial charge >= 0.3 is 0 Å². The quantitative estimate of drug-likeness (QED) is 0.668. The van der Waals surface area contributed by atoms with Crippen molar-refractivity contribution in [1.82, 2.24) is 25.0 Å². The molecule has 0 aliphatic carbocycles. The Bertz CT molecular complexity index is 781. The number of rotatable bonds is 4. The third kappa shape index (κ3) is 3.70. The number of benzene rings is 1. The van der Waals surface area contributed by atoms with E-state index in [9.17, 15) is 0 Å². The molecule has 1 aromatic carbocycles. The molecule has 2 atom stereocenters. The van der Waals surface area contributed by atoms with Crippen LogP contribution in [-0.2, 0) is 19.5 Å². The summed E-state index contributed by atoms with van der Waals surface area (Å²) in [7, 11) is 1.88. The molecule has 144 valence electrons. The fraction of sp³-hybridized carbons (Fsp3) is 0.571. The molecule has 27 heavy (non-hydrogen) atoms. The first-order valence-corrected chi connectivity index (χ1v) is 10.2. The molecule has 1 aromatic heterocycles. The van der Waals surface area contributed by atoms with Gasteiger partial charge in [-0.15, -0.1) is 10.2 Å². The molecule has 0 spiro atoms. The number of aryl methyl sites for hydroxylation is 1. The monoisotopic (exact) mass is 366 g/mol. The zero-order chi connectivity index (χ0) is 18.6. The third-order valence-electron chi connectivity index (χ3n) is 6.09. The van der Waals surface area contributed by atoms with Crippen LogP contribution in [0.4, 0.5) is 0 Å². The van der Waals surface area contributed by atoms with Gasteiger partial charge in [0.25, 0.3) is 0 Å². The number of fused-ring (bicyclic) bond motifs is 1. The average Bonchev–Trinajstić information content (AvgIpc) is 3.33. The lowest BCUT2D eigenvalue weighted by Crippen LogP contribution is -2.48. The predicted octanol–water partition coefficient (Wildman–Crippen LogP) is 2.82. The summed E-state index contributed by atoms with van der Waals surface area (Å²) < 4.78 is 2.25. The largest absolute Gasteiger partial charge is 0.349 e. The Morgan fingerprint density at radius 3 is 2.85 bits per heavy atom. The van der Waals surface area contributed by atoms with Gasteiger partial charge in [-0.1, -0.05) is 43.7 Å². The molecule has 2 aromatic rings. The van der Waals surface area contributed by atoms with Crippen LogP contribution < -0.4 is 5.32 Å². The molecule has 1 fully saturated rings. The number of guanidine groups is 1. The van der Waals surface area contributed by atoms with Gasteiger partial charge in [0.2, 0.25) is 0 Å². The number of aliphatic imine (C=N–C) groups is 1. The normalized spacial score (nSPS) is 22.7. The van der Waals surface area contributed by atoms with Crippen LogP contribution in [0, 0.1) is 5.92 Å². The second kappa shape index (κ2) is 8.11. The minimum atomic E-state index is 0.644. The summed E-state index contributed by atoms with van der Waals surface area (Å²) >= 11 is 0. The topological polar surface area (TPSA) is 58.3 Å². The van der Waals surface area contributed by atoms with Gasteiger partial charge in [-0.25, -0.2) is 0 Å². The van der Waals surface area contributed by atoms with Crippen molar-refractivity contribution in [3.05, 3.63) is 47.5 Å². The molecule has 1 N–H and O–H groups in total. The van der Waals surface area contributed by atoms with Crippen LogP contribution in [0.1, 0.15) is 49.3 Å². The number of nitrogens with zero attached hydrogens (tertiary/aromatic N) is 5. The maximum atomic E-state index is 4.55. The van der Waals surface area contributed by atoms with Gasteiger partial charge in [0.15, 0.2) is 11.8 Å². The van der Waals surface area contributed by atoms with Crippen LogP contribution in [0.2, 0.25) is 0 Å². The van der Waals surface area contributed by atoms with E-state index in [-0.39, 0.29) is 0 Å². The summed E-state index contributed by atoms with van der Waals surface area (Å²) in [6.07, 6.45) is 4.58. The lowest BCUT2D eigenvalue weighted by atomic mass is 9.79. The third-order valence-corrected chi connectivity index (χ3v) is 6.09. The van der Waals surface area contributed by atoms with Crippen LogP contribution >= 0.6 is 0 Å². The van der Waals surface area contributed by atoms with Crippen molar-refractivity contribution in [1.29, 1.82) is 0 Å². The van der Waals surface area contributed by atoms with E-state index in [4.69, 9.17) is 0 Å². The van der Waals surface area contributed by atoms with E-state index in [1.165, 1.54) is 24.8 Å². The Morgan fingerprint density at radius 1 is 1.22 bits per heavy atom. The average molecular weight is 367 g/mol. The van der Waals surface area contributed by atoms with Crippen LogP contribution in [-0.4, -0.2) is 45.8 Å². The Labute approximate surface area is 161 Å². The number of aromatic nitrogens is 3. The summed E-state index contributed by atoms with van der Waals surface area (Å²) in [5.41, 5.74) is 1.48. The van der Waals surface area contributed by atoms with E-state index in [1.54, 1.807) is 0 Å². The van der Waals surface area contributed by atoms with E-state index in [1.807, 2.05) is 7.05 Å². The van der Waals surface area contributed by atoms with E-state index >= 15 is 0 Å². The minimum absolute atomic E-state index is 0.644. The SMILES string of the molecule is CCC1CN(C(=NC)NCc2nnc3n2CCC3)CCC1c1ccccc1. The van der Waals surface area contributed by atoms with Crippen LogP contribution in [0.3, 0.4) is 0 Å². The lowest BCUT2D eigenvalue weighted by Gasteiger charge is -2.40. The molecular formula is C21H30N6. The molecule has 0 bridgehead atoms. The summed E-state index contributed by atoms with van der Waals surface area (Å²) in [4.78, 5) is 6.96. The van der Waals surface area contributed by atoms with E-state index in [0.717, 1.165) is 43.7 Å². The van der Waals surface area contributed by atoms with Crippen LogP contribution in [0.25, 0.3) is 0 Å². The molecule has 1 saturated heterocycles. The zero-order valence-corrected chi connectivity index (χ0v) is 16.4. The Balaban J connectivity index is 1.40. The standard InChI is InChI=1S/C21H30N6/c1-3-16-15-26(13-11-18(16)17-8-5-4-6-9-17)21(22-2)23-14-20-25-24-19-10-7-12-27(19)20/h4-6,8-9,16,18H,3,7,10-15H2,1-2H3,(H,22,23). The highest BCUT2D eigenvalue weighted by molar-refractivity contribution is 5.80. The Hall–Kier alpha value is -2.37. The van der Waals surface area contributed by atoms with Gasteiger partial charge in [0.05, 0.1) is 6.54 Å². The summed E-state index contributed by atoms with van der Waals surface area (Å²) in [6.45, 7) is 6.12. The highest BCUT2D eigenvalue weighted by Gasteiger charge is 2.30. The number of likely N-dealkylation sites (tertiary alicyclic amines) is 1. The molecular weight excluding hydrogens is 336 g/mol. The maximum Gasteiger partial charge on any atom is 0.194 e. The van der Waals surface area contributed by atoms with Gasteiger partial charge in [-0.05, 0) is 30.2 Å². The van der Waals surface area contributed by atoms with E-state index in [0.29, 0.717) is 18.4 Å². The zero-order valence-electron chi connectivity index (χ0n) is 16.4. The van der Waals surface area contributed by atoms with Crippen molar-refractivity contribution < 1.29 is 0 Å². The van der Waals surface area contributed by atoms with Crippen molar-refractivity contribution in [3.8, 4) is 0 Å². The van der Waals surface area contributed by atoms with Gasteiger partial charge in [0, 0.05) is 33.1 Å². The fourth-order valence-electron chi connectivity index (χ4n) is 4.61. The molecule has 2 aliphatic rings. The van der Waals surface area contributed by atoms with Gasteiger partial charge < -0.3 is 14.8 Å². The second-order valence-electron chi connectivity index (χ2n) is 7.61. The van der Waals surface area contributed by atoms with Gasteiger partial charge in [-0.2, -0.15) is 0 Å². The summed E-state index contributed by atoms with van der Waals surface area (Å²) in [5.74, 6) is 4.42. The Kier molecular flexibility index (Phi) is 5.41. The van der Waals surface area contributed by atoms with E-state index < -0.39 is 0 Å². The van der Waals surface area contributed by atoms with Crippen molar-refractivity contribution >= 4 is 5.96 Å². The first-order valence-electron chi connectivity index (χ1n) is 10.2. The fourth-order valence-corrected chi connectivity index (χ4v) is 4.61. The Morgan fingerprint density at radius 2 is 2.07 bits per heavy atom. The van der Waals surface area contributed by atoms with Gasteiger partial charge in [0.1, 0.15) is 5.82 Å². The summed E-state index contributed by atoms with van der Waals surface area (Å²) in [5, 5.41) is 12.2. The second-order valence-corrected chi connectivity index (χ2v) is 7.61. The molecule has 6 nitrogen and oxygen atoms in total. The highest BCUT2D eigenvalue weighted by atomic mass is 15.3. The lowest BCUT2D eigenvalue weighted by molar-refractivity contribution is 0.215. The highest BCUT2D eigenvalue weighted by Crippen LogP contribution is 2.34. The maximum absolute atomic E-state index is 4.55. The van der Waals surface area contributed by atoms with E-state index in [2.05, 4.69) is 67.2 Å². The van der Waals surface area contributed by atoms with Crippen LogP contribution in [0.15, 0.2) is 35.3 Å². The molecule has 6 heteroatoms. The smallest absolute Gasteiger partial charge is 0.194 e. The van der Waals surface area contributed by atoms with Crippen molar-refractivity contribution in [2.45, 2.75) is 51.6 Å². The number of hydrogen-bond donors (Lipinski definition) is 1. The molecule has 4 rings (SSSR count). The first-order chi connectivity index (χ1) is 13.3. The molecule has 2 aliphatic heterocycles.